The summed E-state index contributed by atoms with van der Waals surface area (Å²) in [5, 5.41) is 0.258. The second-order valence-electron chi connectivity index (χ2n) is 3.48. The number of hydrogen-bond donors (Lipinski definition) is 0. The molecule has 0 bridgehead atoms. The Balaban J connectivity index is 2.45. The summed E-state index contributed by atoms with van der Waals surface area (Å²) in [5.41, 5.74) is 1.12. The number of thioether (sulfide) groups is 1. The molecule has 0 amide bonds. The molecule has 1 aliphatic heterocycles. The SMILES string of the molecule is CC(C)=CC(=O)C1CCCCS1. The molecular formula is C10H16OS. The molecule has 0 aliphatic carbocycles. The van der Waals surface area contributed by atoms with E-state index in [4.69, 9.17) is 0 Å². The average molecular weight is 184 g/mol. The molecule has 1 aliphatic rings. The van der Waals surface area contributed by atoms with Gasteiger partial charge in [-0.25, -0.2) is 0 Å². The van der Waals surface area contributed by atoms with E-state index in [-0.39, 0.29) is 5.25 Å². The zero-order chi connectivity index (χ0) is 8.97. The maximum absolute atomic E-state index is 11.5. The second-order valence-corrected chi connectivity index (χ2v) is 4.79. The summed E-state index contributed by atoms with van der Waals surface area (Å²) in [4.78, 5) is 11.5. The first-order valence-corrected chi connectivity index (χ1v) is 5.55. The van der Waals surface area contributed by atoms with Crippen LogP contribution in [0.3, 0.4) is 0 Å². The van der Waals surface area contributed by atoms with E-state index in [0.717, 1.165) is 17.7 Å². The van der Waals surface area contributed by atoms with Crippen molar-refractivity contribution in [2.75, 3.05) is 5.75 Å². The first kappa shape index (κ1) is 9.85. The summed E-state index contributed by atoms with van der Waals surface area (Å²) in [6.45, 7) is 3.96. The average Bonchev–Trinajstić information content (AvgIpc) is 2.05. The molecule has 1 heterocycles. The van der Waals surface area contributed by atoms with Gasteiger partial charge in [-0.1, -0.05) is 12.0 Å². The fourth-order valence-electron chi connectivity index (χ4n) is 1.34. The number of carbonyl (C=O) groups is 1. The zero-order valence-electron chi connectivity index (χ0n) is 7.80. The molecular weight excluding hydrogens is 168 g/mol. The van der Waals surface area contributed by atoms with Crippen LogP contribution in [0.25, 0.3) is 0 Å². The van der Waals surface area contributed by atoms with E-state index in [1.807, 2.05) is 25.6 Å². The fourth-order valence-corrected chi connectivity index (χ4v) is 2.56. The lowest BCUT2D eigenvalue weighted by Crippen LogP contribution is -2.18. The molecule has 1 fully saturated rings. The number of ketones is 1. The van der Waals surface area contributed by atoms with Crippen LogP contribution in [0, 0.1) is 0 Å². The predicted octanol–water partition coefficient (Wildman–Crippen LogP) is 2.81. The molecule has 0 aromatic carbocycles. The Kier molecular flexibility index (Phi) is 3.86. The molecule has 1 saturated heterocycles. The van der Waals surface area contributed by atoms with Crippen molar-refractivity contribution in [2.24, 2.45) is 0 Å². The molecule has 12 heavy (non-hydrogen) atoms. The van der Waals surface area contributed by atoms with E-state index in [0.29, 0.717) is 5.78 Å². The van der Waals surface area contributed by atoms with Gasteiger partial charge in [0.1, 0.15) is 0 Å². The normalized spacial score (nSPS) is 23.3. The van der Waals surface area contributed by atoms with Crippen LogP contribution in [0.2, 0.25) is 0 Å². The van der Waals surface area contributed by atoms with Crippen molar-refractivity contribution < 1.29 is 4.79 Å². The minimum Gasteiger partial charge on any atom is -0.294 e. The molecule has 1 nitrogen and oxygen atoms in total. The van der Waals surface area contributed by atoms with Crippen LogP contribution in [-0.4, -0.2) is 16.8 Å². The van der Waals surface area contributed by atoms with E-state index >= 15 is 0 Å². The lowest BCUT2D eigenvalue weighted by atomic mass is 10.1. The van der Waals surface area contributed by atoms with Crippen molar-refractivity contribution in [3.63, 3.8) is 0 Å². The molecule has 2 heteroatoms. The van der Waals surface area contributed by atoms with E-state index < -0.39 is 0 Å². The number of hydrogen-bond acceptors (Lipinski definition) is 2. The summed E-state index contributed by atoms with van der Waals surface area (Å²) in [5.74, 6) is 1.48. The van der Waals surface area contributed by atoms with Gasteiger partial charge in [-0.3, -0.25) is 4.79 Å². The third-order valence-corrected chi connectivity index (χ3v) is 3.32. The minimum atomic E-state index is 0.258. The molecule has 0 radical (unpaired) electrons. The van der Waals surface area contributed by atoms with Gasteiger partial charge in [0, 0.05) is 0 Å². The molecule has 0 aromatic heterocycles. The van der Waals surface area contributed by atoms with Gasteiger partial charge in [-0.05, 0) is 38.5 Å². The van der Waals surface area contributed by atoms with E-state index in [2.05, 4.69) is 0 Å². The standard InChI is InChI=1S/C10H16OS/c1-8(2)7-9(11)10-5-3-4-6-12-10/h7,10H,3-6H2,1-2H3. The van der Waals surface area contributed by atoms with Crippen molar-refractivity contribution in [3.05, 3.63) is 11.6 Å². The lowest BCUT2D eigenvalue weighted by molar-refractivity contribution is -0.114. The van der Waals surface area contributed by atoms with Crippen LogP contribution in [0.5, 0.6) is 0 Å². The first-order chi connectivity index (χ1) is 5.70. The predicted molar refractivity (Wildman–Crippen MR) is 54.5 cm³/mol. The molecule has 68 valence electrons. The highest BCUT2D eigenvalue weighted by atomic mass is 32.2. The van der Waals surface area contributed by atoms with Crippen molar-refractivity contribution in [2.45, 2.75) is 38.4 Å². The maximum Gasteiger partial charge on any atom is 0.168 e. The van der Waals surface area contributed by atoms with Crippen molar-refractivity contribution in [3.8, 4) is 0 Å². The first-order valence-electron chi connectivity index (χ1n) is 4.50. The Morgan fingerprint density at radius 3 is 2.67 bits per heavy atom. The van der Waals surface area contributed by atoms with Gasteiger partial charge in [0.25, 0.3) is 0 Å². The zero-order valence-corrected chi connectivity index (χ0v) is 8.62. The lowest BCUT2D eigenvalue weighted by Gasteiger charge is -2.18. The molecule has 0 saturated carbocycles. The largest absolute Gasteiger partial charge is 0.294 e. The number of allylic oxidation sites excluding steroid dienone is 2. The summed E-state index contributed by atoms with van der Waals surface area (Å²) in [6.07, 6.45) is 5.36. The number of carbonyl (C=O) groups excluding carboxylic acids is 1. The molecule has 0 N–H and O–H groups in total. The monoisotopic (exact) mass is 184 g/mol. The Hall–Kier alpha value is -0.240. The highest BCUT2D eigenvalue weighted by Gasteiger charge is 2.19. The van der Waals surface area contributed by atoms with E-state index in [1.165, 1.54) is 12.8 Å². The van der Waals surface area contributed by atoms with Crippen LogP contribution < -0.4 is 0 Å². The van der Waals surface area contributed by atoms with Gasteiger partial charge in [0.15, 0.2) is 5.78 Å². The minimum absolute atomic E-state index is 0.258. The van der Waals surface area contributed by atoms with E-state index in [1.54, 1.807) is 6.08 Å². The summed E-state index contributed by atoms with van der Waals surface area (Å²) < 4.78 is 0. The highest BCUT2D eigenvalue weighted by molar-refractivity contribution is 8.00. The third kappa shape index (κ3) is 3.02. The second kappa shape index (κ2) is 4.70. The van der Waals surface area contributed by atoms with Gasteiger partial charge >= 0.3 is 0 Å². The molecule has 0 aromatic rings. The summed E-state index contributed by atoms with van der Waals surface area (Å²) >= 11 is 1.82. The van der Waals surface area contributed by atoms with Gasteiger partial charge in [0.05, 0.1) is 5.25 Å². The van der Waals surface area contributed by atoms with E-state index in [9.17, 15) is 4.79 Å². The summed E-state index contributed by atoms with van der Waals surface area (Å²) in [7, 11) is 0. The maximum atomic E-state index is 11.5. The number of rotatable bonds is 2. The van der Waals surface area contributed by atoms with Gasteiger partial charge in [-0.15, -0.1) is 0 Å². The topological polar surface area (TPSA) is 17.1 Å². The summed E-state index contributed by atoms with van der Waals surface area (Å²) in [6, 6.07) is 0. The highest BCUT2D eigenvalue weighted by Crippen LogP contribution is 2.26. The van der Waals surface area contributed by atoms with Crippen molar-refractivity contribution in [1.29, 1.82) is 0 Å². The van der Waals surface area contributed by atoms with Crippen molar-refractivity contribution >= 4 is 17.5 Å². The van der Waals surface area contributed by atoms with Crippen LogP contribution in [0.15, 0.2) is 11.6 Å². The molecule has 1 rings (SSSR count). The Bertz CT molecular complexity index is 186. The molecule has 1 atom stereocenters. The van der Waals surface area contributed by atoms with Gasteiger partial charge in [-0.2, -0.15) is 11.8 Å². The Labute approximate surface area is 78.6 Å². The fraction of sp³-hybridized carbons (Fsp3) is 0.700. The molecule has 0 spiro atoms. The van der Waals surface area contributed by atoms with Crippen LogP contribution in [0.4, 0.5) is 0 Å². The molecule has 1 unspecified atom stereocenters. The van der Waals surface area contributed by atoms with Gasteiger partial charge < -0.3 is 0 Å². The quantitative estimate of drug-likeness (QED) is 0.614. The van der Waals surface area contributed by atoms with Crippen LogP contribution >= 0.6 is 11.8 Å². The Morgan fingerprint density at radius 1 is 1.42 bits per heavy atom. The van der Waals surface area contributed by atoms with Crippen LogP contribution in [0.1, 0.15) is 33.1 Å². The van der Waals surface area contributed by atoms with Crippen molar-refractivity contribution in [1.82, 2.24) is 0 Å². The Morgan fingerprint density at radius 2 is 2.17 bits per heavy atom. The smallest absolute Gasteiger partial charge is 0.168 e. The van der Waals surface area contributed by atoms with Crippen LogP contribution in [-0.2, 0) is 4.79 Å². The third-order valence-electron chi connectivity index (χ3n) is 1.93. The van der Waals surface area contributed by atoms with Gasteiger partial charge in [0.2, 0.25) is 0 Å².